The number of primary sulfonamides is 1. The van der Waals surface area contributed by atoms with Gasteiger partial charge in [-0.3, -0.25) is 0 Å². The van der Waals surface area contributed by atoms with Gasteiger partial charge < -0.3 is 5.73 Å². The van der Waals surface area contributed by atoms with Crippen LogP contribution in [0.2, 0.25) is 0 Å². The molecule has 1 aromatic heterocycles. The van der Waals surface area contributed by atoms with Crippen molar-refractivity contribution in [3.05, 3.63) is 29.8 Å². The minimum atomic E-state index is -3.74. The number of nitrogen functional groups attached to an aromatic ring is 1. The topological polar surface area (TPSA) is 99.1 Å². The van der Waals surface area contributed by atoms with E-state index in [2.05, 4.69) is 4.98 Å². The van der Waals surface area contributed by atoms with Gasteiger partial charge in [0, 0.05) is 22.2 Å². The lowest BCUT2D eigenvalue weighted by atomic mass is 10.3. The fraction of sp³-hybridized carbons (Fsp3) is 0. The lowest BCUT2D eigenvalue weighted by Crippen LogP contribution is -2.12. The summed E-state index contributed by atoms with van der Waals surface area (Å²) < 4.78 is 23.3. The van der Waals surface area contributed by atoms with Crippen LogP contribution in [0.1, 0.15) is 0 Å². The third-order valence-electron chi connectivity index (χ3n) is 1.85. The van der Waals surface area contributed by atoms with Gasteiger partial charge in [-0.1, -0.05) is 11.8 Å². The van der Waals surface area contributed by atoms with Crippen molar-refractivity contribution in [1.82, 2.24) is 4.98 Å². The minimum Gasteiger partial charge on any atom is -0.399 e. The van der Waals surface area contributed by atoms with Crippen molar-refractivity contribution in [1.29, 1.82) is 0 Å². The quantitative estimate of drug-likeness (QED) is 0.834. The number of benzene rings is 1. The van der Waals surface area contributed by atoms with Crippen molar-refractivity contribution in [3.63, 3.8) is 0 Å². The van der Waals surface area contributed by atoms with Crippen LogP contribution in [0.3, 0.4) is 0 Å². The van der Waals surface area contributed by atoms with Gasteiger partial charge in [-0.15, -0.1) is 11.3 Å². The molecule has 0 bridgehead atoms. The molecule has 0 aliphatic rings. The SMILES string of the molecule is Nc1cc(Sc2nccs2)cc(S(N)(=O)=O)c1. The van der Waals surface area contributed by atoms with Gasteiger partial charge in [-0.05, 0) is 18.2 Å². The maximum Gasteiger partial charge on any atom is 0.238 e. The monoisotopic (exact) mass is 287 g/mol. The van der Waals surface area contributed by atoms with E-state index in [0.717, 1.165) is 4.34 Å². The highest BCUT2D eigenvalue weighted by Gasteiger charge is 2.11. The fourth-order valence-corrected chi connectivity index (χ4v) is 3.55. The standard InChI is InChI=1S/C9H9N3O2S3/c10-6-3-7(16-9-12-1-2-15-9)5-8(4-6)17(11,13)14/h1-5H,10H2,(H2,11,13,14). The Morgan fingerprint density at radius 1 is 1.29 bits per heavy atom. The van der Waals surface area contributed by atoms with Crippen molar-refractivity contribution in [2.75, 3.05) is 5.73 Å². The van der Waals surface area contributed by atoms with Crippen LogP contribution in [-0.2, 0) is 10.0 Å². The Hall–Kier alpha value is -1.09. The van der Waals surface area contributed by atoms with E-state index < -0.39 is 10.0 Å². The Labute approximate surface area is 107 Å². The number of hydrogen-bond acceptors (Lipinski definition) is 6. The summed E-state index contributed by atoms with van der Waals surface area (Å²) in [5.41, 5.74) is 5.99. The van der Waals surface area contributed by atoms with Crippen molar-refractivity contribution in [3.8, 4) is 0 Å². The fourth-order valence-electron chi connectivity index (χ4n) is 1.18. The highest BCUT2D eigenvalue weighted by atomic mass is 32.2. The average molecular weight is 287 g/mol. The largest absolute Gasteiger partial charge is 0.399 e. The van der Waals surface area contributed by atoms with E-state index in [0.29, 0.717) is 10.6 Å². The van der Waals surface area contributed by atoms with Crippen molar-refractivity contribution >= 4 is 38.8 Å². The van der Waals surface area contributed by atoms with E-state index in [9.17, 15) is 8.42 Å². The van der Waals surface area contributed by atoms with E-state index in [1.54, 1.807) is 12.3 Å². The molecule has 5 nitrogen and oxygen atoms in total. The summed E-state index contributed by atoms with van der Waals surface area (Å²) >= 11 is 2.81. The predicted molar refractivity (Wildman–Crippen MR) is 68.5 cm³/mol. The molecular formula is C9H9N3O2S3. The number of thiazole rings is 1. The molecule has 17 heavy (non-hydrogen) atoms. The molecule has 2 rings (SSSR count). The zero-order valence-corrected chi connectivity index (χ0v) is 11.0. The lowest BCUT2D eigenvalue weighted by molar-refractivity contribution is 0.597. The molecule has 0 fully saturated rings. The molecule has 0 spiro atoms. The summed E-state index contributed by atoms with van der Waals surface area (Å²) in [4.78, 5) is 4.80. The second-order valence-electron chi connectivity index (χ2n) is 3.18. The number of rotatable bonds is 3. The van der Waals surface area contributed by atoms with Crippen molar-refractivity contribution < 1.29 is 8.42 Å². The normalized spacial score (nSPS) is 11.6. The Bertz CT molecular complexity index is 623. The summed E-state index contributed by atoms with van der Waals surface area (Å²) in [6.45, 7) is 0. The predicted octanol–water partition coefficient (Wildman–Crippen LogP) is 1.52. The van der Waals surface area contributed by atoms with E-state index in [4.69, 9.17) is 10.9 Å². The molecule has 0 atom stereocenters. The number of anilines is 1. The minimum absolute atomic E-state index is 0.0107. The smallest absolute Gasteiger partial charge is 0.238 e. The Balaban J connectivity index is 2.39. The number of sulfonamides is 1. The van der Waals surface area contributed by atoms with E-state index in [1.165, 1.54) is 35.2 Å². The van der Waals surface area contributed by atoms with Crippen LogP contribution in [0.25, 0.3) is 0 Å². The summed E-state index contributed by atoms with van der Waals surface area (Å²) in [7, 11) is -3.74. The first-order valence-corrected chi connectivity index (χ1v) is 7.70. The van der Waals surface area contributed by atoms with Gasteiger partial charge in [0.1, 0.15) is 0 Å². The van der Waals surface area contributed by atoms with Gasteiger partial charge >= 0.3 is 0 Å². The zero-order chi connectivity index (χ0) is 12.5. The zero-order valence-electron chi connectivity index (χ0n) is 8.53. The van der Waals surface area contributed by atoms with Crippen LogP contribution in [0.15, 0.2) is 43.9 Å². The first kappa shape index (κ1) is 12.4. The molecule has 0 saturated carbocycles. The maximum atomic E-state index is 11.2. The molecular weight excluding hydrogens is 278 g/mol. The first-order chi connectivity index (χ1) is 7.95. The summed E-state index contributed by atoms with van der Waals surface area (Å²) in [6.07, 6.45) is 1.68. The number of aromatic nitrogens is 1. The van der Waals surface area contributed by atoms with Gasteiger partial charge in [0.05, 0.1) is 4.90 Å². The number of nitrogens with two attached hydrogens (primary N) is 2. The van der Waals surface area contributed by atoms with Crippen LogP contribution in [0, 0.1) is 0 Å². The molecule has 1 heterocycles. The Kier molecular flexibility index (Phi) is 3.38. The highest BCUT2D eigenvalue weighted by molar-refractivity contribution is 8.01. The molecule has 1 aromatic carbocycles. The molecule has 0 saturated heterocycles. The van der Waals surface area contributed by atoms with Gasteiger partial charge in [0.15, 0.2) is 4.34 Å². The van der Waals surface area contributed by atoms with E-state index in [1.807, 2.05) is 5.38 Å². The summed E-state index contributed by atoms with van der Waals surface area (Å²) in [6, 6.07) is 4.50. The van der Waals surface area contributed by atoms with E-state index >= 15 is 0 Å². The maximum absolute atomic E-state index is 11.2. The Morgan fingerprint density at radius 3 is 2.65 bits per heavy atom. The number of hydrogen-bond donors (Lipinski definition) is 2. The van der Waals surface area contributed by atoms with Gasteiger partial charge in [-0.2, -0.15) is 0 Å². The molecule has 4 N–H and O–H groups in total. The highest BCUT2D eigenvalue weighted by Crippen LogP contribution is 2.31. The molecule has 0 aliphatic heterocycles. The van der Waals surface area contributed by atoms with Gasteiger partial charge in [0.2, 0.25) is 10.0 Å². The third-order valence-corrected chi connectivity index (χ3v) is 4.59. The molecule has 0 unspecified atom stereocenters. The number of nitrogens with zero attached hydrogens (tertiary/aromatic N) is 1. The molecule has 0 amide bonds. The molecule has 0 radical (unpaired) electrons. The molecule has 0 aliphatic carbocycles. The second-order valence-corrected chi connectivity index (χ2v) is 6.96. The summed E-state index contributed by atoms with van der Waals surface area (Å²) in [5, 5.41) is 6.90. The van der Waals surface area contributed by atoms with Crippen LogP contribution in [0.5, 0.6) is 0 Å². The van der Waals surface area contributed by atoms with Crippen molar-refractivity contribution in [2.45, 2.75) is 14.1 Å². The summed E-state index contributed by atoms with van der Waals surface area (Å²) in [5.74, 6) is 0. The van der Waals surface area contributed by atoms with Crippen LogP contribution >= 0.6 is 23.1 Å². The molecule has 90 valence electrons. The van der Waals surface area contributed by atoms with Gasteiger partial charge in [-0.25, -0.2) is 18.5 Å². The van der Waals surface area contributed by atoms with Crippen LogP contribution < -0.4 is 10.9 Å². The van der Waals surface area contributed by atoms with Crippen molar-refractivity contribution in [2.24, 2.45) is 5.14 Å². The third kappa shape index (κ3) is 3.19. The first-order valence-electron chi connectivity index (χ1n) is 4.46. The lowest BCUT2D eigenvalue weighted by Gasteiger charge is -2.04. The molecule has 8 heteroatoms. The Morgan fingerprint density at radius 2 is 2.06 bits per heavy atom. The van der Waals surface area contributed by atoms with Gasteiger partial charge in [0.25, 0.3) is 0 Å². The second kappa shape index (κ2) is 4.65. The average Bonchev–Trinajstić information content (AvgIpc) is 2.68. The van der Waals surface area contributed by atoms with E-state index in [-0.39, 0.29) is 4.90 Å². The molecule has 2 aromatic rings. The van der Waals surface area contributed by atoms with Crippen LogP contribution in [-0.4, -0.2) is 13.4 Å². The van der Waals surface area contributed by atoms with Crippen LogP contribution in [0.4, 0.5) is 5.69 Å².